The number of carbonyl (C=O) groups excluding carboxylic acids is 1. The molecule has 1 fully saturated rings. The highest BCUT2D eigenvalue weighted by atomic mass is 16.4. The van der Waals surface area contributed by atoms with Crippen LogP contribution in [0.1, 0.15) is 21.7 Å². The van der Waals surface area contributed by atoms with Crippen LogP contribution in [0.5, 0.6) is 0 Å². The molecular formula is C23H22N6O3. The van der Waals surface area contributed by atoms with E-state index in [-0.39, 0.29) is 11.5 Å². The van der Waals surface area contributed by atoms with E-state index in [9.17, 15) is 9.59 Å². The SMILES string of the molecule is Cc1cc(C)n(-c2cc(N3CCN(C(=O)c4cc5ccccc5oc4=O)CC3)ncn2)n1. The van der Waals surface area contributed by atoms with Crippen LogP contribution in [-0.2, 0) is 0 Å². The average Bonchev–Trinajstić information content (AvgIpc) is 3.16. The smallest absolute Gasteiger partial charge is 0.349 e. The summed E-state index contributed by atoms with van der Waals surface area (Å²) < 4.78 is 7.11. The normalized spacial score (nSPS) is 14.2. The van der Waals surface area contributed by atoms with Crippen LogP contribution < -0.4 is 10.5 Å². The molecule has 0 unspecified atom stereocenters. The summed E-state index contributed by atoms with van der Waals surface area (Å²) >= 11 is 0. The second-order valence-electron chi connectivity index (χ2n) is 7.84. The second-order valence-corrected chi connectivity index (χ2v) is 7.84. The van der Waals surface area contributed by atoms with Gasteiger partial charge in [-0.05, 0) is 32.0 Å². The van der Waals surface area contributed by atoms with E-state index in [4.69, 9.17) is 4.42 Å². The second kappa shape index (κ2) is 7.92. The maximum atomic E-state index is 13.0. The fraction of sp³-hybridized carbons (Fsp3) is 0.261. The van der Waals surface area contributed by atoms with Crippen molar-refractivity contribution in [2.24, 2.45) is 0 Å². The van der Waals surface area contributed by atoms with Crippen molar-refractivity contribution in [1.29, 1.82) is 0 Å². The van der Waals surface area contributed by atoms with Crippen LogP contribution >= 0.6 is 0 Å². The van der Waals surface area contributed by atoms with Crippen molar-refractivity contribution >= 4 is 22.7 Å². The first kappa shape index (κ1) is 19.9. The Bertz CT molecular complexity index is 1370. The summed E-state index contributed by atoms with van der Waals surface area (Å²) in [5.74, 6) is 1.17. The number of fused-ring (bicyclic) bond motifs is 1. The van der Waals surface area contributed by atoms with E-state index in [2.05, 4.69) is 20.0 Å². The number of hydrogen-bond acceptors (Lipinski definition) is 7. The summed E-state index contributed by atoms with van der Waals surface area (Å²) in [7, 11) is 0. The van der Waals surface area contributed by atoms with Gasteiger partial charge in [0.05, 0.1) is 5.69 Å². The molecule has 3 aromatic heterocycles. The van der Waals surface area contributed by atoms with Gasteiger partial charge in [-0.2, -0.15) is 5.10 Å². The van der Waals surface area contributed by atoms with Crippen LogP contribution in [0.25, 0.3) is 16.8 Å². The van der Waals surface area contributed by atoms with Gasteiger partial charge in [-0.25, -0.2) is 19.4 Å². The molecule has 0 atom stereocenters. The molecule has 32 heavy (non-hydrogen) atoms. The standard InChI is InChI=1S/C23H22N6O3/c1-15-11-16(2)29(26-15)21-13-20(24-14-25-21)27-7-9-28(10-8-27)22(30)18-12-17-5-3-4-6-19(17)32-23(18)31/h3-6,11-14H,7-10H2,1-2H3. The third-order valence-electron chi connectivity index (χ3n) is 5.63. The van der Waals surface area contributed by atoms with E-state index in [1.54, 1.807) is 27.8 Å². The number of amides is 1. The van der Waals surface area contributed by atoms with Crippen LogP contribution in [0.4, 0.5) is 5.82 Å². The molecule has 0 aliphatic carbocycles. The van der Waals surface area contributed by atoms with Gasteiger partial charge in [-0.1, -0.05) is 18.2 Å². The highest BCUT2D eigenvalue weighted by Gasteiger charge is 2.26. The van der Waals surface area contributed by atoms with Gasteiger partial charge in [0.25, 0.3) is 5.91 Å². The van der Waals surface area contributed by atoms with E-state index < -0.39 is 5.63 Å². The van der Waals surface area contributed by atoms with Crippen molar-refractivity contribution in [2.75, 3.05) is 31.1 Å². The third kappa shape index (κ3) is 3.62. The van der Waals surface area contributed by atoms with Crippen LogP contribution in [-0.4, -0.2) is 56.7 Å². The molecule has 5 rings (SSSR count). The van der Waals surface area contributed by atoms with Crippen molar-refractivity contribution < 1.29 is 9.21 Å². The Morgan fingerprint density at radius 3 is 2.47 bits per heavy atom. The van der Waals surface area contributed by atoms with Crippen LogP contribution in [0.2, 0.25) is 0 Å². The Balaban J connectivity index is 1.32. The lowest BCUT2D eigenvalue weighted by Crippen LogP contribution is -2.49. The molecule has 0 radical (unpaired) electrons. The number of piperazine rings is 1. The zero-order chi connectivity index (χ0) is 22.2. The number of nitrogens with zero attached hydrogens (tertiary/aromatic N) is 6. The molecular weight excluding hydrogens is 408 g/mol. The first-order valence-corrected chi connectivity index (χ1v) is 10.4. The van der Waals surface area contributed by atoms with Gasteiger partial charge in [-0.3, -0.25) is 4.79 Å². The van der Waals surface area contributed by atoms with E-state index >= 15 is 0 Å². The summed E-state index contributed by atoms with van der Waals surface area (Å²) in [6, 6.07) is 12.7. The number of carbonyl (C=O) groups is 1. The van der Waals surface area contributed by atoms with Crippen LogP contribution in [0.15, 0.2) is 58.0 Å². The molecule has 0 bridgehead atoms. The lowest BCUT2D eigenvalue weighted by Gasteiger charge is -2.35. The number of hydrogen-bond donors (Lipinski definition) is 0. The molecule has 0 saturated carbocycles. The largest absolute Gasteiger partial charge is 0.422 e. The summed E-state index contributed by atoms with van der Waals surface area (Å²) in [4.78, 5) is 37.9. The molecule has 0 spiro atoms. The van der Waals surface area contributed by atoms with Crippen molar-refractivity contribution in [3.63, 3.8) is 0 Å². The number of benzene rings is 1. The predicted octanol–water partition coefficient (Wildman–Crippen LogP) is 2.35. The van der Waals surface area contributed by atoms with Crippen molar-refractivity contribution in [1.82, 2.24) is 24.6 Å². The van der Waals surface area contributed by atoms with E-state index in [0.29, 0.717) is 37.6 Å². The first-order chi connectivity index (χ1) is 15.5. The van der Waals surface area contributed by atoms with Gasteiger partial charge in [0.2, 0.25) is 0 Å². The first-order valence-electron chi connectivity index (χ1n) is 10.4. The predicted molar refractivity (Wildman–Crippen MR) is 119 cm³/mol. The van der Waals surface area contributed by atoms with E-state index in [1.165, 1.54) is 6.33 Å². The number of para-hydroxylation sites is 1. The number of anilines is 1. The minimum Gasteiger partial charge on any atom is -0.422 e. The maximum absolute atomic E-state index is 13.0. The van der Waals surface area contributed by atoms with Crippen molar-refractivity contribution in [3.8, 4) is 5.82 Å². The van der Waals surface area contributed by atoms with Gasteiger partial charge in [0.1, 0.15) is 23.3 Å². The van der Waals surface area contributed by atoms with Gasteiger partial charge >= 0.3 is 5.63 Å². The molecule has 1 saturated heterocycles. The van der Waals surface area contributed by atoms with Crippen LogP contribution in [0, 0.1) is 13.8 Å². The fourth-order valence-corrected chi connectivity index (χ4v) is 4.01. The Morgan fingerprint density at radius 1 is 0.969 bits per heavy atom. The minimum absolute atomic E-state index is 0.0611. The molecule has 4 aromatic rings. The number of rotatable bonds is 3. The van der Waals surface area contributed by atoms with Crippen molar-refractivity contribution in [2.45, 2.75) is 13.8 Å². The summed E-state index contributed by atoms with van der Waals surface area (Å²) in [6.45, 7) is 6.07. The summed E-state index contributed by atoms with van der Waals surface area (Å²) in [6.07, 6.45) is 1.53. The van der Waals surface area contributed by atoms with Crippen molar-refractivity contribution in [3.05, 3.63) is 76.2 Å². The minimum atomic E-state index is -0.610. The van der Waals surface area contributed by atoms with Gasteiger partial charge in [0.15, 0.2) is 5.82 Å². The quantitative estimate of drug-likeness (QED) is 0.460. The molecule has 0 N–H and O–H groups in total. The number of aromatic nitrogens is 4. The highest BCUT2D eigenvalue weighted by molar-refractivity contribution is 5.96. The highest BCUT2D eigenvalue weighted by Crippen LogP contribution is 2.19. The van der Waals surface area contributed by atoms with E-state index in [0.717, 1.165) is 22.6 Å². The molecule has 9 heteroatoms. The summed E-state index contributed by atoms with van der Waals surface area (Å²) in [5, 5.41) is 5.21. The lowest BCUT2D eigenvalue weighted by atomic mass is 10.1. The molecule has 1 aromatic carbocycles. The zero-order valence-electron chi connectivity index (χ0n) is 17.9. The molecule has 1 aliphatic rings. The number of aryl methyl sites for hydroxylation is 2. The molecule has 9 nitrogen and oxygen atoms in total. The monoisotopic (exact) mass is 430 g/mol. The average molecular weight is 430 g/mol. The van der Waals surface area contributed by atoms with Crippen LogP contribution in [0.3, 0.4) is 0 Å². The van der Waals surface area contributed by atoms with Gasteiger partial charge < -0.3 is 14.2 Å². The zero-order valence-corrected chi connectivity index (χ0v) is 17.9. The topological polar surface area (TPSA) is 97.4 Å². The third-order valence-corrected chi connectivity index (χ3v) is 5.63. The molecule has 4 heterocycles. The van der Waals surface area contributed by atoms with Gasteiger partial charge in [0, 0.05) is 43.3 Å². The van der Waals surface area contributed by atoms with Gasteiger partial charge in [-0.15, -0.1) is 0 Å². The Kier molecular flexibility index (Phi) is 4.93. The Labute approximate surface area is 183 Å². The molecule has 162 valence electrons. The van der Waals surface area contributed by atoms with E-state index in [1.807, 2.05) is 38.1 Å². The fourth-order valence-electron chi connectivity index (χ4n) is 4.01. The maximum Gasteiger partial charge on any atom is 0.349 e. The Morgan fingerprint density at radius 2 is 1.72 bits per heavy atom. The molecule has 1 amide bonds. The lowest BCUT2D eigenvalue weighted by molar-refractivity contribution is 0.0742. The molecule has 1 aliphatic heterocycles. The summed E-state index contributed by atoms with van der Waals surface area (Å²) in [5.41, 5.74) is 1.85. The Hall–Kier alpha value is -4.01.